The maximum absolute atomic E-state index is 5.54. The maximum atomic E-state index is 5.54. The molecule has 0 aliphatic carbocycles. The van der Waals surface area contributed by atoms with E-state index in [0.717, 1.165) is 11.1 Å². The number of thiocarbonyl (C=S) groups is 1. The van der Waals surface area contributed by atoms with E-state index in [1.807, 2.05) is 24.3 Å². The normalized spacial score (nSPS) is 11.4. The van der Waals surface area contributed by atoms with E-state index < -0.39 is 0 Å². The topological polar surface area (TPSA) is 24.1 Å². The monoisotopic (exact) mass is 354 g/mol. The van der Waals surface area contributed by atoms with Crippen molar-refractivity contribution >= 4 is 61.2 Å². The molecule has 0 aliphatic heterocycles. The lowest BCUT2D eigenvalue weighted by atomic mass is 10.1. The van der Waals surface area contributed by atoms with Crippen molar-refractivity contribution in [1.82, 2.24) is 5.32 Å². The first kappa shape index (κ1) is 14.3. The molecule has 19 heavy (non-hydrogen) atoms. The van der Waals surface area contributed by atoms with Crippen molar-refractivity contribution in [3.8, 4) is 0 Å². The molecule has 2 N–H and O–H groups in total. The van der Waals surface area contributed by atoms with Gasteiger partial charge in [0.1, 0.15) is 0 Å². The first-order valence-corrected chi connectivity index (χ1v) is 7.32. The van der Waals surface area contributed by atoms with Crippen LogP contribution in [0.3, 0.4) is 0 Å². The molecule has 2 aromatic rings. The molecule has 2 aromatic carbocycles. The van der Waals surface area contributed by atoms with Gasteiger partial charge in [-0.1, -0.05) is 60.2 Å². The Morgan fingerprint density at radius 3 is 2.74 bits per heavy atom. The van der Waals surface area contributed by atoms with Crippen LogP contribution < -0.4 is 10.6 Å². The molecule has 0 fully saturated rings. The number of halogens is 2. The highest BCUT2D eigenvalue weighted by Gasteiger charge is 2.02. The maximum Gasteiger partial charge on any atom is 0.0991 e. The molecule has 0 radical (unpaired) electrons. The fraction of sp³-hybridized carbons (Fsp3) is 0.0714. The third-order valence-electron chi connectivity index (χ3n) is 2.58. The molecule has 0 amide bonds. The number of anilines is 1. The quantitative estimate of drug-likeness (QED) is 0.619. The number of nitrogens with one attached hydrogen (secondary N) is 2. The highest BCUT2D eigenvalue weighted by atomic mass is 79.9. The Bertz CT molecular complexity index is 622. The fourth-order valence-electron chi connectivity index (χ4n) is 1.73. The van der Waals surface area contributed by atoms with Gasteiger partial charge in [-0.2, -0.15) is 0 Å². The van der Waals surface area contributed by atoms with Crippen LogP contribution in [-0.2, 0) is 0 Å². The van der Waals surface area contributed by atoms with E-state index in [0.29, 0.717) is 16.1 Å². The van der Waals surface area contributed by atoms with Gasteiger partial charge in [-0.15, -0.1) is 0 Å². The molecule has 0 spiro atoms. The standard InChI is InChI=1S/C14H12BrClN2S/c15-13(8-16)17-9-14(19)18-12-7-3-5-10-4-1-2-6-11(10)12/h1-8,17H,9H2,(H,18,19)/b13-8+. The summed E-state index contributed by atoms with van der Waals surface area (Å²) in [6.07, 6.45) is 0. The molecule has 2 nitrogen and oxygen atoms in total. The molecule has 0 atom stereocenters. The van der Waals surface area contributed by atoms with Gasteiger partial charge in [0.15, 0.2) is 0 Å². The van der Waals surface area contributed by atoms with E-state index in [1.165, 1.54) is 10.9 Å². The van der Waals surface area contributed by atoms with Gasteiger partial charge in [-0.25, -0.2) is 0 Å². The Hall–Kier alpha value is -1.10. The van der Waals surface area contributed by atoms with Crippen molar-refractivity contribution in [3.63, 3.8) is 0 Å². The molecule has 0 aromatic heterocycles. The van der Waals surface area contributed by atoms with E-state index in [4.69, 9.17) is 23.8 Å². The van der Waals surface area contributed by atoms with Gasteiger partial charge in [-0.05, 0) is 27.4 Å². The summed E-state index contributed by atoms with van der Waals surface area (Å²) < 4.78 is 0.705. The average molecular weight is 356 g/mol. The van der Waals surface area contributed by atoms with Crippen LogP contribution in [0, 0.1) is 0 Å². The van der Waals surface area contributed by atoms with Crippen LogP contribution in [0.15, 0.2) is 52.6 Å². The minimum Gasteiger partial charge on any atom is -0.372 e. The highest BCUT2D eigenvalue weighted by Crippen LogP contribution is 2.22. The Morgan fingerprint density at radius 2 is 1.95 bits per heavy atom. The molecule has 5 heteroatoms. The molecule has 0 heterocycles. The average Bonchev–Trinajstić information content (AvgIpc) is 2.45. The van der Waals surface area contributed by atoms with Gasteiger partial charge in [0.25, 0.3) is 0 Å². The Kier molecular flexibility index (Phi) is 5.19. The van der Waals surface area contributed by atoms with Gasteiger partial charge in [0, 0.05) is 16.6 Å². The smallest absolute Gasteiger partial charge is 0.0991 e. The second-order valence-corrected chi connectivity index (χ2v) is 5.45. The van der Waals surface area contributed by atoms with Crippen LogP contribution in [0.5, 0.6) is 0 Å². The summed E-state index contributed by atoms with van der Waals surface area (Å²) >= 11 is 14.1. The van der Waals surface area contributed by atoms with Crippen LogP contribution in [0.1, 0.15) is 0 Å². The first-order valence-electron chi connectivity index (χ1n) is 5.68. The second kappa shape index (κ2) is 6.89. The number of hydrogen-bond donors (Lipinski definition) is 2. The predicted molar refractivity (Wildman–Crippen MR) is 91.0 cm³/mol. The first-order chi connectivity index (χ1) is 9.20. The highest BCUT2D eigenvalue weighted by molar-refractivity contribution is 9.11. The van der Waals surface area contributed by atoms with Crippen LogP contribution in [0.25, 0.3) is 10.8 Å². The van der Waals surface area contributed by atoms with Crippen molar-refractivity contribution in [2.75, 3.05) is 11.9 Å². The van der Waals surface area contributed by atoms with Gasteiger partial charge in [-0.3, -0.25) is 0 Å². The van der Waals surface area contributed by atoms with Crippen LogP contribution in [0.4, 0.5) is 5.69 Å². The Morgan fingerprint density at radius 1 is 1.21 bits per heavy atom. The third-order valence-corrected chi connectivity index (χ3v) is 3.81. The SMILES string of the molecule is S=C(CN/C(Br)=C/Cl)Nc1cccc2ccccc12. The molecule has 98 valence electrons. The summed E-state index contributed by atoms with van der Waals surface area (Å²) in [6, 6.07) is 14.3. The lowest BCUT2D eigenvalue weighted by molar-refractivity contribution is 1.01. The van der Waals surface area contributed by atoms with E-state index in [9.17, 15) is 0 Å². The summed E-state index contributed by atoms with van der Waals surface area (Å²) in [5.74, 6) is 0. The minimum absolute atomic E-state index is 0.516. The van der Waals surface area contributed by atoms with Gasteiger partial charge in [0.2, 0.25) is 0 Å². The van der Waals surface area contributed by atoms with Crippen LogP contribution >= 0.6 is 39.7 Å². The Labute approximate surface area is 131 Å². The number of hydrogen-bond acceptors (Lipinski definition) is 2. The summed E-state index contributed by atoms with van der Waals surface area (Å²) in [6.45, 7) is 0.516. The summed E-state index contributed by atoms with van der Waals surface area (Å²) in [5, 5.41) is 8.62. The third kappa shape index (κ3) is 3.93. The lowest BCUT2D eigenvalue weighted by Crippen LogP contribution is -2.24. The second-order valence-electron chi connectivity index (χ2n) is 3.89. The summed E-state index contributed by atoms with van der Waals surface area (Å²) in [4.78, 5) is 0.701. The van der Waals surface area contributed by atoms with Crippen molar-refractivity contribution in [1.29, 1.82) is 0 Å². The number of fused-ring (bicyclic) bond motifs is 1. The van der Waals surface area contributed by atoms with Crippen LogP contribution in [-0.4, -0.2) is 11.5 Å². The zero-order chi connectivity index (χ0) is 13.7. The molecule has 0 aliphatic rings. The molecule has 0 unspecified atom stereocenters. The molecular formula is C14H12BrClN2S. The van der Waals surface area contributed by atoms with Crippen molar-refractivity contribution < 1.29 is 0 Å². The van der Waals surface area contributed by atoms with E-state index in [2.05, 4.69) is 44.8 Å². The van der Waals surface area contributed by atoms with Crippen molar-refractivity contribution in [2.45, 2.75) is 0 Å². The van der Waals surface area contributed by atoms with Crippen molar-refractivity contribution in [2.24, 2.45) is 0 Å². The van der Waals surface area contributed by atoms with Gasteiger partial charge < -0.3 is 10.6 Å². The summed E-state index contributed by atoms with van der Waals surface area (Å²) in [7, 11) is 0. The molecule has 0 bridgehead atoms. The molecule has 0 saturated carbocycles. The van der Waals surface area contributed by atoms with Crippen molar-refractivity contribution in [3.05, 3.63) is 52.6 Å². The van der Waals surface area contributed by atoms with Crippen LogP contribution in [0.2, 0.25) is 0 Å². The van der Waals surface area contributed by atoms with E-state index in [1.54, 1.807) is 0 Å². The minimum atomic E-state index is 0.516. The summed E-state index contributed by atoms with van der Waals surface area (Å²) in [5.41, 5.74) is 2.43. The fourth-order valence-corrected chi connectivity index (χ4v) is 2.13. The van der Waals surface area contributed by atoms with Gasteiger partial charge in [0.05, 0.1) is 16.1 Å². The number of rotatable bonds is 4. The largest absolute Gasteiger partial charge is 0.372 e. The molecule has 2 rings (SSSR count). The molecular weight excluding hydrogens is 344 g/mol. The predicted octanol–water partition coefficient (Wildman–Crippen LogP) is 4.60. The lowest BCUT2D eigenvalue weighted by Gasteiger charge is -2.11. The van der Waals surface area contributed by atoms with E-state index >= 15 is 0 Å². The Balaban J connectivity index is 2.11. The zero-order valence-electron chi connectivity index (χ0n) is 9.99. The molecule has 0 saturated heterocycles. The van der Waals surface area contributed by atoms with E-state index in [-0.39, 0.29) is 0 Å². The van der Waals surface area contributed by atoms with Gasteiger partial charge >= 0.3 is 0 Å². The zero-order valence-corrected chi connectivity index (χ0v) is 13.1. The number of benzene rings is 2.